The Morgan fingerprint density at radius 1 is 0.602 bits per heavy atom. The number of anilines is 2. The number of carbonyl (C=O) groups excluding carboxylic acids is 15. The van der Waals surface area contributed by atoms with Crippen LogP contribution >= 0.6 is 19.4 Å². The molecule has 736 valence electrons. The van der Waals surface area contributed by atoms with Crippen LogP contribution in [0.3, 0.4) is 0 Å². The molecule has 21 N–H and O–H groups in total. The Balaban J connectivity index is 0.761. The Morgan fingerprint density at radius 3 is 1.74 bits per heavy atom. The number of pyridine rings is 1. The molecule has 0 spiro atoms. The molecule has 1 aromatic heterocycles. The number of amides is 16. The van der Waals surface area contributed by atoms with Crippen LogP contribution in [-0.2, 0) is 102 Å². The molecule has 3 unspecified atom stereocenters. The molecule has 3 aromatic rings. The van der Waals surface area contributed by atoms with Crippen molar-refractivity contribution in [2.75, 3.05) is 122 Å². The Kier molecular flexibility index (Phi) is 50.3. The molecule has 1 aliphatic heterocycles. The van der Waals surface area contributed by atoms with Crippen molar-refractivity contribution in [2.45, 2.75) is 221 Å². The second kappa shape index (κ2) is 60.4. The SMILES string of the molecule is Cc1ccccc1NC(=O)Nc1ccc(CC(=O)NC(CCCCNC(=O)/C=C/c2cccnc2)C(=O)N[C@@H](CCCC(=O)O)C(=O)NC2(C(=O)NCCOCCOCCNC(=O)CCC(=O)NCCOCCOCCNC(=O)CCC(=O)N[C@@H](CCCCNC(=O)[C@H](N)CSC3CC(=O)N(CC4CCC(C(=O)NCCCC(C)(O)P(=O)(O)O)CC4)C3=O)C(N)=O)CCCCC2)cc1. The number of carboxylic acid groups (broad SMARTS) is 1. The quantitative estimate of drug-likeness (QED) is 0.0166. The summed E-state index contributed by atoms with van der Waals surface area (Å²) < 4.78 is 33.7. The fourth-order valence-electron chi connectivity index (χ4n) is 14.7. The predicted octanol–water partition coefficient (Wildman–Crippen LogP) is 1.75. The average molecular weight is 1910 g/mol. The van der Waals surface area contributed by atoms with E-state index in [0.29, 0.717) is 81.1 Å². The van der Waals surface area contributed by atoms with Gasteiger partial charge in [-0.3, -0.25) is 86.4 Å². The number of benzene rings is 2. The van der Waals surface area contributed by atoms with E-state index in [4.69, 9.17) is 30.4 Å². The third kappa shape index (κ3) is 43.8. The lowest BCUT2D eigenvalue weighted by atomic mass is 9.80. The predicted molar refractivity (Wildman–Crippen MR) is 491 cm³/mol. The fraction of sp³-hybridized carbons (Fsp3) is 0.607. The Morgan fingerprint density at radius 2 is 1.16 bits per heavy atom. The number of para-hydroxylation sites is 1. The standard InChI is InChI=1S/C89H134N17O25PS/c1-60-15-4-5-17-67(60)104-87(123)100-65-29-24-61(25-30-65)55-77(112)102-69(19-7-10-40-93-72(107)31-26-62-16-13-39-92-57-62)83(119)103-70(20-12-21-79(114)115)84(120)105-89(37-8-3-9-38-89)86(122)99-46-50-131-54-53-130-48-44-95-74(109)33-32-73(108)94-43-47-128-51-52-129-49-45-96-75(110)34-35-76(111)101-68(80(91)116)18-6-11-41-98-82(118)66(90)59-133-71-56-78(113)106(85(71)121)58-63-22-27-64(28-23-63)81(117)97-42-14-36-88(2,124)132(125,126)127/h4-5,13,15-17,24-26,29-31,39,57,63-64,66,68-71,124H,3,6-12,14,18-23,27-28,32-38,40-56,58-59,90H2,1-2H3,(H2,91,116)(H,93,107)(H,94,108)(H,95,109)(H,96,110)(H,97,117)(H,98,118)(H,99,122)(H,101,111)(H,102,112)(H,103,119)(H,105,120)(H,114,115)(H2,100,104,123)(H2,125,126,127)/b31-26+/t63?,64?,66-,68+,69?,70+,71?,88?/m1/s1. The Bertz CT molecular complexity index is 4360. The van der Waals surface area contributed by atoms with E-state index in [-0.39, 0.29) is 255 Å². The molecular formula is C89H134N17O25PS. The number of hydrogen-bond acceptors (Lipinski definition) is 25. The van der Waals surface area contributed by atoms with Crippen LogP contribution in [0.15, 0.2) is 79.1 Å². The van der Waals surface area contributed by atoms with Gasteiger partial charge in [0.25, 0.3) is 0 Å². The summed E-state index contributed by atoms with van der Waals surface area (Å²) in [6.45, 7) is 5.36. The number of unbranched alkanes of at least 4 members (excludes halogenated alkanes) is 2. The molecule has 1 saturated heterocycles. The molecule has 6 atom stereocenters. The number of nitrogens with one attached hydrogen (secondary N) is 13. The van der Waals surface area contributed by atoms with Crippen molar-refractivity contribution in [1.29, 1.82) is 0 Å². The zero-order chi connectivity index (χ0) is 97.0. The maximum Gasteiger partial charge on any atom is 0.356 e. The lowest BCUT2D eigenvalue weighted by Crippen LogP contribution is -2.63. The largest absolute Gasteiger partial charge is 0.481 e. The molecule has 2 saturated carbocycles. The number of ether oxygens (including phenoxy) is 4. The smallest absolute Gasteiger partial charge is 0.356 e. The highest BCUT2D eigenvalue weighted by Gasteiger charge is 2.44. The number of aliphatic hydroxyl groups is 1. The van der Waals surface area contributed by atoms with E-state index in [1.54, 1.807) is 67.0 Å². The average Bonchev–Trinajstić information content (AvgIpc) is 1.74. The summed E-state index contributed by atoms with van der Waals surface area (Å²) >= 11 is 1.12. The topological polar surface area (TPSA) is 633 Å². The van der Waals surface area contributed by atoms with Crippen LogP contribution < -0.4 is 80.6 Å². The van der Waals surface area contributed by atoms with Crippen LogP contribution in [-0.4, -0.2) is 276 Å². The van der Waals surface area contributed by atoms with Gasteiger partial charge in [0.1, 0.15) is 23.7 Å². The highest BCUT2D eigenvalue weighted by molar-refractivity contribution is 8.00. The van der Waals surface area contributed by atoms with Crippen molar-refractivity contribution < 1.29 is 120 Å². The summed E-state index contributed by atoms with van der Waals surface area (Å²) in [5, 5.41) is 52.3. The minimum absolute atomic E-state index is 0.00533. The first-order valence-corrected chi connectivity index (χ1v) is 48.0. The maximum atomic E-state index is 14.4. The van der Waals surface area contributed by atoms with Crippen molar-refractivity contribution in [3.63, 3.8) is 0 Å². The molecule has 2 aromatic carbocycles. The van der Waals surface area contributed by atoms with E-state index < -0.39 is 107 Å². The number of nitrogens with two attached hydrogens (primary N) is 2. The van der Waals surface area contributed by atoms with E-state index in [1.165, 1.54) is 11.0 Å². The summed E-state index contributed by atoms with van der Waals surface area (Å²) in [4.78, 5) is 231. The number of carbonyl (C=O) groups is 16. The zero-order valence-corrected chi connectivity index (χ0v) is 77.5. The van der Waals surface area contributed by atoms with Gasteiger partial charge in [-0.1, -0.05) is 55.7 Å². The van der Waals surface area contributed by atoms with Gasteiger partial charge in [-0.2, -0.15) is 0 Å². The van der Waals surface area contributed by atoms with Gasteiger partial charge in [-0.15, -0.1) is 11.8 Å². The summed E-state index contributed by atoms with van der Waals surface area (Å²) in [7, 11) is -4.72. The van der Waals surface area contributed by atoms with E-state index in [1.807, 2.05) is 19.1 Å². The number of aliphatic carboxylic acids is 1. The van der Waals surface area contributed by atoms with E-state index >= 15 is 0 Å². The molecule has 16 amide bonds. The van der Waals surface area contributed by atoms with E-state index in [9.17, 15) is 101 Å². The van der Waals surface area contributed by atoms with Crippen molar-refractivity contribution in [3.8, 4) is 0 Å². The number of thioether (sulfide) groups is 1. The number of aryl methyl sites for hydroxylation is 1. The van der Waals surface area contributed by atoms with Gasteiger partial charge < -0.3 is 120 Å². The minimum atomic E-state index is -4.72. The number of primary amides is 1. The second-order valence-electron chi connectivity index (χ2n) is 33.2. The van der Waals surface area contributed by atoms with Crippen molar-refractivity contribution in [3.05, 3.63) is 95.8 Å². The monoisotopic (exact) mass is 1900 g/mol. The third-order valence-electron chi connectivity index (χ3n) is 22.4. The zero-order valence-electron chi connectivity index (χ0n) is 75.8. The Hall–Kier alpha value is -10.9. The number of imide groups is 1. The molecule has 0 bridgehead atoms. The first-order valence-electron chi connectivity index (χ1n) is 45.4. The molecule has 0 radical (unpaired) electrons. The van der Waals surface area contributed by atoms with Gasteiger partial charge in [0.2, 0.25) is 82.7 Å². The third-order valence-corrected chi connectivity index (χ3v) is 25.2. The molecule has 3 fully saturated rings. The summed E-state index contributed by atoms with van der Waals surface area (Å²) in [6.07, 6.45) is 11.5. The molecule has 2 aliphatic carbocycles. The van der Waals surface area contributed by atoms with Gasteiger partial charge in [-0.25, -0.2) is 4.79 Å². The molecule has 2 heterocycles. The van der Waals surface area contributed by atoms with Crippen LogP contribution in [0.4, 0.5) is 16.2 Å². The number of nitrogens with zero attached hydrogens (tertiary/aromatic N) is 2. The molecule has 44 heteroatoms. The van der Waals surface area contributed by atoms with Crippen molar-refractivity contribution >= 4 is 132 Å². The fourth-order valence-corrected chi connectivity index (χ4v) is 16.2. The van der Waals surface area contributed by atoms with Crippen LogP contribution in [0.2, 0.25) is 0 Å². The highest BCUT2D eigenvalue weighted by atomic mass is 32.2. The van der Waals surface area contributed by atoms with Gasteiger partial charge in [-0.05, 0) is 170 Å². The molecule has 42 nitrogen and oxygen atoms in total. The van der Waals surface area contributed by atoms with Crippen LogP contribution in [0.25, 0.3) is 6.08 Å². The minimum Gasteiger partial charge on any atom is -0.481 e. The maximum absolute atomic E-state index is 14.4. The normalized spacial score (nSPS) is 16.7. The number of urea groups is 1. The number of hydrogen-bond donors (Lipinski definition) is 19. The first kappa shape index (κ1) is 111. The number of carboxylic acids is 1. The van der Waals surface area contributed by atoms with Crippen LogP contribution in [0, 0.1) is 18.8 Å². The van der Waals surface area contributed by atoms with Crippen LogP contribution in [0.5, 0.6) is 0 Å². The van der Waals surface area contributed by atoms with Crippen molar-refractivity contribution in [2.24, 2.45) is 23.3 Å². The summed E-state index contributed by atoms with van der Waals surface area (Å²) in [6, 6.07) is 12.4. The van der Waals surface area contributed by atoms with E-state index in [2.05, 4.69) is 74.1 Å². The molecule has 3 aliphatic rings. The van der Waals surface area contributed by atoms with Gasteiger partial charge >= 0.3 is 19.6 Å². The Labute approximate surface area is 778 Å². The summed E-state index contributed by atoms with van der Waals surface area (Å²) in [5.74, 6) is -8.08. The van der Waals surface area contributed by atoms with Crippen LogP contribution in [0.1, 0.15) is 184 Å². The molecule has 133 heavy (non-hydrogen) atoms. The number of rotatable bonds is 64. The highest BCUT2D eigenvalue weighted by Crippen LogP contribution is 2.51. The number of aromatic nitrogens is 1. The second-order valence-corrected chi connectivity index (χ2v) is 36.5. The lowest BCUT2D eigenvalue weighted by molar-refractivity contribution is -0.140. The van der Waals surface area contributed by atoms with Crippen molar-refractivity contribution in [1.82, 2.24) is 68.4 Å². The van der Waals surface area contributed by atoms with Gasteiger partial charge in [0, 0.05) is 132 Å². The molecule has 6 rings (SSSR count). The molecular weight excluding hydrogens is 1770 g/mol. The number of likely N-dealkylation sites (tertiary alicyclic amines) is 1. The van der Waals surface area contributed by atoms with Gasteiger partial charge in [0.15, 0.2) is 5.34 Å². The lowest BCUT2D eigenvalue weighted by Gasteiger charge is -2.38. The first-order chi connectivity index (χ1) is 63.6. The van der Waals surface area contributed by atoms with E-state index in [0.717, 1.165) is 36.2 Å². The summed E-state index contributed by atoms with van der Waals surface area (Å²) in [5.41, 5.74) is 13.5. The van der Waals surface area contributed by atoms with Gasteiger partial charge in [0.05, 0.1) is 70.6 Å².